The van der Waals surface area contributed by atoms with Gasteiger partial charge in [-0.15, -0.1) is 0 Å². The van der Waals surface area contributed by atoms with Gasteiger partial charge in [0.1, 0.15) is 17.6 Å². The molecule has 0 unspecified atom stereocenters. The third kappa shape index (κ3) is 1.06. The molecule has 3 nitrogen and oxygen atoms in total. The van der Waals surface area contributed by atoms with E-state index in [0.29, 0.717) is 13.4 Å². The van der Waals surface area contributed by atoms with Crippen LogP contribution in [0.5, 0.6) is 5.75 Å². The second kappa shape index (κ2) is 2.91. The Balaban J connectivity index is 2.55. The molecule has 4 heteroatoms. The van der Waals surface area contributed by atoms with Gasteiger partial charge in [0.25, 0.3) is 0 Å². The van der Waals surface area contributed by atoms with Crippen molar-refractivity contribution in [2.75, 3.05) is 0 Å². The lowest BCUT2D eigenvalue weighted by atomic mass is 10.2. The lowest BCUT2D eigenvalue weighted by molar-refractivity contribution is 0.449. The molecule has 0 aliphatic rings. The molecular weight excluding hydrogens is 155 g/mol. The van der Waals surface area contributed by atoms with Crippen molar-refractivity contribution >= 4 is 18.7 Å². The van der Waals surface area contributed by atoms with Crippen LogP contribution in [0.25, 0.3) is 11.0 Å². The smallest absolute Gasteiger partial charge is 0.535 e. The van der Waals surface area contributed by atoms with Crippen molar-refractivity contribution in [2.45, 2.75) is 0 Å². The molecule has 0 saturated heterocycles. The predicted octanol–water partition coefficient (Wildman–Crippen LogP) is 1.34. The average Bonchev–Trinajstić information content (AvgIpc) is 2.50. The van der Waals surface area contributed by atoms with Gasteiger partial charge in [0.15, 0.2) is 0 Å². The van der Waals surface area contributed by atoms with Crippen molar-refractivity contribution in [1.29, 1.82) is 0 Å². The minimum Gasteiger partial charge on any atom is -0.535 e. The second-order valence-corrected chi connectivity index (χ2v) is 2.32. The van der Waals surface area contributed by atoms with E-state index in [1.165, 1.54) is 6.26 Å². The highest BCUT2D eigenvalue weighted by molar-refractivity contribution is 6.18. The number of benzene rings is 1. The normalized spacial score (nSPS) is 10.1. The summed E-state index contributed by atoms with van der Waals surface area (Å²) in [5.74, 6) is 0.521. The molecule has 59 valence electrons. The first-order chi connectivity index (χ1) is 5.92. The van der Waals surface area contributed by atoms with E-state index in [2.05, 4.69) is 0 Å². The zero-order valence-corrected chi connectivity index (χ0v) is 6.23. The zero-order valence-electron chi connectivity index (χ0n) is 6.23. The molecule has 1 aromatic heterocycles. The Hall–Kier alpha value is -1.42. The van der Waals surface area contributed by atoms with E-state index >= 15 is 0 Å². The van der Waals surface area contributed by atoms with Crippen molar-refractivity contribution in [1.82, 2.24) is 0 Å². The lowest BCUT2D eigenvalue weighted by Crippen LogP contribution is -1.98. The van der Waals surface area contributed by atoms with Gasteiger partial charge in [-0.2, -0.15) is 0 Å². The molecule has 0 bridgehead atoms. The van der Waals surface area contributed by atoms with Gasteiger partial charge in [0, 0.05) is 0 Å². The summed E-state index contributed by atoms with van der Waals surface area (Å²) in [6.07, 6.45) is 1.46. The molecule has 1 aromatic carbocycles. The first kappa shape index (κ1) is 7.25. The summed E-state index contributed by atoms with van der Waals surface area (Å²) in [6.45, 7) is 0. The zero-order chi connectivity index (χ0) is 8.39. The summed E-state index contributed by atoms with van der Waals surface area (Å²) in [7, 11) is 0.636. The number of fused-ring (bicyclic) bond motifs is 1. The topological polar surface area (TPSA) is 42.6 Å². The van der Waals surface area contributed by atoms with Crippen molar-refractivity contribution < 1.29 is 14.1 Å². The fraction of sp³-hybridized carbons (Fsp3) is 0. The van der Waals surface area contributed by atoms with Crippen LogP contribution in [-0.2, 0) is 0 Å². The van der Waals surface area contributed by atoms with E-state index in [9.17, 15) is 0 Å². The molecule has 0 spiro atoms. The molecule has 0 atom stereocenters. The van der Waals surface area contributed by atoms with E-state index in [1.807, 2.05) is 24.3 Å². The first-order valence-corrected chi connectivity index (χ1v) is 3.50. The fourth-order valence-corrected chi connectivity index (χ4v) is 1.10. The van der Waals surface area contributed by atoms with Crippen LogP contribution in [0.15, 0.2) is 34.9 Å². The molecule has 0 aliphatic carbocycles. The Bertz CT molecular complexity index is 382. The molecule has 0 saturated carbocycles. The van der Waals surface area contributed by atoms with Gasteiger partial charge >= 0.3 is 7.69 Å². The number of hydrogen-bond acceptors (Lipinski definition) is 3. The van der Waals surface area contributed by atoms with Gasteiger partial charge in [-0.3, -0.25) is 0 Å². The van der Waals surface area contributed by atoms with Crippen molar-refractivity contribution in [3.8, 4) is 5.75 Å². The largest absolute Gasteiger partial charge is 0.569 e. The Labute approximate surface area is 69.9 Å². The Morgan fingerprint density at radius 3 is 3.00 bits per heavy atom. The molecule has 0 fully saturated rings. The maximum Gasteiger partial charge on any atom is 0.569 e. The Kier molecular flexibility index (Phi) is 1.76. The quantitative estimate of drug-likeness (QED) is 0.675. The average molecular weight is 161 g/mol. The third-order valence-electron chi connectivity index (χ3n) is 1.63. The standard InChI is InChI=1S/C8H6BO3/c10-9-12-8-5-11-7-4-2-1-3-6(7)8/h1-5,10H. The summed E-state index contributed by atoms with van der Waals surface area (Å²) in [5.41, 5.74) is 0.745. The van der Waals surface area contributed by atoms with Crippen LogP contribution in [-0.4, -0.2) is 12.7 Å². The Morgan fingerprint density at radius 2 is 2.17 bits per heavy atom. The number of hydrogen-bond donors (Lipinski definition) is 1. The minimum absolute atomic E-state index is 0.521. The highest BCUT2D eigenvalue weighted by atomic mass is 16.5. The summed E-state index contributed by atoms with van der Waals surface area (Å²) in [5, 5.41) is 9.26. The summed E-state index contributed by atoms with van der Waals surface area (Å²) < 4.78 is 9.94. The van der Waals surface area contributed by atoms with Crippen LogP contribution >= 0.6 is 0 Å². The van der Waals surface area contributed by atoms with E-state index < -0.39 is 0 Å². The van der Waals surface area contributed by atoms with Crippen LogP contribution in [0.1, 0.15) is 0 Å². The van der Waals surface area contributed by atoms with Crippen molar-refractivity contribution in [3.63, 3.8) is 0 Å². The number of furan rings is 1. The second-order valence-electron chi connectivity index (χ2n) is 2.32. The van der Waals surface area contributed by atoms with Gasteiger partial charge in [-0.25, -0.2) is 0 Å². The van der Waals surface area contributed by atoms with Gasteiger partial charge < -0.3 is 14.1 Å². The van der Waals surface area contributed by atoms with Gasteiger partial charge in [0.05, 0.1) is 5.39 Å². The van der Waals surface area contributed by atoms with E-state index in [4.69, 9.17) is 14.1 Å². The van der Waals surface area contributed by atoms with Crippen molar-refractivity contribution in [2.24, 2.45) is 0 Å². The Morgan fingerprint density at radius 1 is 1.33 bits per heavy atom. The molecule has 1 heterocycles. The molecule has 12 heavy (non-hydrogen) atoms. The first-order valence-electron chi connectivity index (χ1n) is 3.50. The maximum atomic E-state index is 8.41. The van der Waals surface area contributed by atoms with E-state index in [-0.39, 0.29) is 0 Å². The third-order valence-corrected chi connectivity index (χ3v) is 1.63. The van der Waals surface area contributed by atoms with E-state index in [1.54, 1.807) is 0 Å². The van der Waals surface area contributed by atoms with Crippen LogP contribution in [0.3, 0.4) is 0 Å². The molecule has 2 aromatic rings. The molecular formula is C8H6BO3. The van der Waals surface area contributed by atoms with Gasteiger partial charge in [-0.1, -0.05) is 12.1 Å². The fourth-order valence-electron chi connectivity index (χ4n) is 1.10. The number of para-hydroxylation sites is 1. The highest BCUT2D eigenvalue weighted by Gasteiger charge is 2.04. The monoisotopic (exact) mass is 161 g/mol. The summed E-state index contributed by atoms with van der Waals surface area (Å²) in [6, 6.07) is 7.44. The molecule has 1 N–H and O–H groups in total. The minimum atomic E-state index is 0.521. The van der Waals surface area contributed by atoms with Gasteiger partial charge in [-0.05, 0) is 12.1 Å². The predicted molar refractivity (Wildman–Crippen MR) is 44.8 cm³/mol. The van der Waals surface area contributed by atoms with Crippen LogP contribution < -0.4 is 4.65 Å². The maximum absolute atomic E-state index is 8.41. The summed E-state index contributed by atoms with van der Waals surface area (Å²) in [4.78, 5) is 0. The SMILES string of the molecule is O[B]Oc1coc2ccccc12. The van der Waals surface area contributed by atoms with Crippen molar-refractivity contribution in [3.05, 3.63) is 30.5 Å². The molecule has 1 radical (unpaired) electrons. The van der Waals surface area contributed by atoms with Crippen LogP contribution in [0.4, 0.5) is 0 Å². The van der Waals surface area contributed by atoms with E-state index in [0.717, 1.165) is 11.0 Å². The molecule has 2 rings (SSSR count). The summed E-state index contributed by atoms with van der Waals surface area (Å²) >= 11 is 0. The molecule has 0 amide bonds. The lowest BCUT2D eigenvalue weighted by Gasteiger charge is -1.94. The van der Waals surface area contributed by atoms with Crippen LogP contribution in [0, 0.1) is 0 Å². The van der Waals surface area contributed by atoms with Crippen LogP contribution in [0.2, 0.25) is 0 Å². The molecule has 0 aliphatic heterocycles. The highest BCUT2D eigenvalue weighted by Crippen LogP contribution is 2.26. The number of rotatable bonds is 2. The van der Waals surface area contributed by atoms with Gasteiger partial charge in [0.2, 0.25) is 0 Å².